The van der Waals surface area contributed by atoms with Gasteiger partial charge in [-0.05, 0) is 37.5 Å². The van der Waals surface area contributed by atoms with Crippen LogP contribution in [0.15, 0.2) is 66.8 Å². The number of rotatable bonds is 12. The number of nitrogens with zero attached hydrogens (tertiary/aromatic N) is 1. The second-order valence-corrected chi connectivity index (χ2v) is 5.65. The van der Waals surface area contributed by atoms with E-state index in [9.17, 15) is 4.79 Å². The number of hydrogen-bond donors (Lipinski definition) is 0. The Labute approximate surface area is 178 Å². The minimum atomic E-state index is -0.312. The van der Waals surface area contributed by atoms with Crippen LogP contribution in [-0.4, -0.2) is 26.2 Å². The molecule has 0 N–H and O–H groups in total. The van der Waals surface area contributed by atoms with E-state index in [4.69, 9.17) is 0 Å². The molecule has 0 amide bonds. The number of anilines is 1. The van der Waals surface area contributed by atoms with Crippen LogP contribution < -0.4 is 4.90 Å². The summed E-state index contributed by atoms with van der Waals surface area (Å²) in [4.78, 5) is 22.5. The predicted molar refractivity (Wildman–Crippen MR) is 126 cm³/mol. The van der Waals surface area contributed by atoms with E-state index in [0.29, 0.717) is 6.42 Å². The van der Waals surface area contributed by atoms with Gasteiger partial charge in [-0.25, -0.2) is 4.79 Å². The summed E-state index contributed by atoms with van der Waals surface area (Å²) >= 11 is 0. The fourth-order valence-electron chi connectivity index (χ4n) is 2.47. The minimum Gasteiger partial charge on any atom is -0.367 e. The molecule has 0 bridgehead atoms. The molecule has 0 fully saturated rings. The van der Waals surface area contributed by atoms with E-state index in [1.54, 1.807) is 6.08 Å². The lowest BCUT2D eigenvalue weighted by molar-refractivity contribution is -0.255. The van der Waals surface area contributed by atoms with Crippen LogP contribution in [-0.2, 0) is 14.6 Å². The smallest absolute Gasteiger partial charge is 0.342 e. The zero-order valence-corrected chi connectivity index (χ0v) is 19.3. The van der Waals surface area contributed by atoms with Crippen molar-refractivity contribution in [3.05, 3.63) is 66.8 Å². The highest BCUT2D eigenvalue weighted by Crippen LogP contribution is 2.17. The molecular weight excluding hydrogens is 362 g/mol. The zero-order chi connectivity index (χ0) is 22.3. The maximum Gasteiger partial charge on any atom is 0.342 e. The maximum atomic E-state index is 11.3. The highest BCUT2D eigenvalue weighted by atomic mass is 17.2. The molecule has 0 spiro atoms. The van der Waals surface area contributed by atoms with Crippen LogP contribution in [0.4, 0.5) is 5.69 Å². The third kappa shape index (κ3) is 15.3. The van der Waals surface area contributed by atoms with E-state index in [1.807, 2.05) is 46.8 Å². The summed E-state index contributed by atoms with van der Waals surface area (Å²) in [6.45, 7) is 15.6. The van der Waals surface area contributed by atoms with Gasteiger partial charge in [-0.2, -0.15) is 4.89 Å². The average Bonchev–Trinajstić information content (AvgIpc) is 2.78. The number of benzene rings is 1. The Morgan fingerprint density at radius 3 is 2.28 bits per heavy atom. The van der Waals surface area contributed by atoms with Crippen molar-refractivity contribution in [2.75, 3.05) is 25.1 Å². The molecule has 4 nitrogen and oxygen atoms in total. The molecule has 0 radical (unpaired) electrons. The van der Waals surface area contributed by atoms with Crippen molar-refractivity contribution < 1.29 is 14.6 Å². The predicted octanol–water partition coefficient (Wildman–Crippen LogP) is 6.90. The molecule has 0 heterocycles. The topological polar surface area (TPSA) is 38.8 Å². The summed E-state index contributed by atoms with van der Waals surface area (Å²) in [6.07, 6.45) is 11.1. The second kappa shape index (κ2) is 22.0. The van der Waals surface area contributed by atoms with Gasteiger partial charge in [0.05, 0.1) is 7.11 Å². The first kappa shape index (κ1) is 28.9. The van der Waals surface area contributed by atoms with Gasteiger partial charge in [0.2, 0.25) is 0 Å². The van der Waals surface area contributed by atoms with Crippen molar-refractivity contribution in [2.45, 2.75) is 60.3 Å². The lowest BCUT2D eigenvalue weighted by Gasteiger charge is -2.25. The van der Waals surface area contributed by atoms with Crippen molar-refractivity contribution in [3.63, 3.8) is 0 Å². The first-order valence-corrected chi connectivity index (χ1v) is 10.7. The van der Waals surface area contributed by atoms with Crippen molar-refractivity contribution in [3.8, 4) is 0 Å². The van der Waals surface area contributed by atoms with E-state index in [0.717, 1.165) is 32.4 Å². The highest BCUT2D eigenvalue weighted by Gasteiger charge is 2.08. The number of allylic oxidation sites excluding steroid dienone is 3. The summed E-state index contributed by atoms with van der Waals surface area (Å²) in [5.74, 6) is -0.312. The molecule has 0 saturated heterocycles. The maximum absolute atomic E-state index is 11.3. The molecule has 29 heavy (non-hydrogen) atoms. The highest BCUT2D eigenvalue weighted by molar-refractivity contribution is 5.68. The fourth-order valence-corrected chi connectivity index (χ4v) is 2.47. The molecule has 1 aromatic rings. The van der Waals surface area contributed by atoms with Crippen LogP contribution in [0.2, 0.25) is 0 Å². The summed E-state index contributed by atoms with van der Waals surface area (Å²) in [6, 6.07) is 10.4. The molecule has 4 heteroatoms. The lowest BCUT2D eigenvalue weighted by atomic mass is 10.1. The van der Waals surface area contributed by atoms with Gasteiger partial charge in [0.25, 0.3) is 0 Å². The van der Waals surface area contributed by atoms with Crippen molar-refractivity contribution in [1.82, 2.24) is 0 Å². The monoisotopic (exact) mass is 403 g/mol. The number of para-hydroxylation sites is 1. The molecule has 0 unspecified atom stereocenters. The van der Waals surface area contributed by atoms with Crippen LogP contribution in [0.1, 0.15) is 60.3 Å². The van der Waals surface area contributed by atoms with Gasteiger partial charge < -0.3 is 4.90 Å². The Bertz CT molecular complexity index is 565. The van der Waals surface area contributed by atoms with Crippen LogP contribution in [0.25, 0.3) is 0 Å². The van der Waals surface area contributed by atoms with Crippen LogP contribution in [0.5, 0.6) is 0 Å². The summed E-state index contributed by atoms with van der Waals surface area (Å²) in [7, 11) is 1.34. The van der Waals surface area contributed by atoms with Gasteiger partial charge in [0.1, 0.15) is 0 Å². The molecule has 0 aliphatic rings. The van der Waals surface area contributed by atoms with E-state index in [2.05, 4.69) is 57.7 Å². The lowest BCUT2D eigenvalue weighted by Crippen LogP contribution is -2.26. The summed E-state index contributed by atoms with van der Waals surface area (Å²) in [5.41, 5.74) is 2.44. The van der Waals surface area contributed by atoms with Gasteiger partial charge in [-0.1, -0.05) is 83.2 Å². The largest absolute Gasteiger partial charge is 0.367 e. The molecule has 164 valence electrons. The van der Waals surface area contributed by atoms with E-state index >= 15 is 0 Å². The number of carbonyl (C=O) groups is 1. The number of carbonyl (C=O) groups excluding carboxylic acids is 1. The van der Waals surface area contributed by atoms with Gasteiger partial charge >= 0.3 is 5.97 Å². The van der Waals surface area contributed by atoms with Crippen molar-refractivity contribution >= 4 is 11.7 Å². The summed E-state index contributed by atoms with van der Waals surface area (Å²) in [5, 5.41) is 0. The first-order valence-electron chi connectivity index (χ1n) is 10.7. The SMILES string of the molecule is C=C/C=C\C(=C/C)CN(CCCCCC(=O)OOC)c1ccccc1.CC.CC. The molecule has 0 aromatic heterocycles. The molecule has 1 rings (SSSR count). The van der Waals surface area contributed by atoms with E-state index < -0.39 is 0 Å². The van der Waals surface area contributed by atoms with Crippen LogP contribution in [0.3, 0.4) is 0 Å². The Kier molecular flexibility index (Phi) is 21.9. The Morgan fingerprint density at radius 2 is 1.72 bits per heavy atom. The van der Waals surface area contributed by atoms with Gasteiger partial charge in [-0.15, -0.1) is 0 Å². The third-order valence-electron chi connectivity index (χ3n) is 3.80. The van der Waals surface area contributed by atoms with Gasteiger partial charge in [0, 0.05) is 25.2 Å². The average molecular weight is 404 g/mol. The number of hydrogen-bond acceptors (Lipinski definition) is 4. The van der Waals surface area contributed by atoms with Crippen molar-refractivity contribution in [1.29, 1.82) is 0 Å². The molecule has 1 aromatic carbocycles. The Morgan fingerprint density at radius 1 is 1.07 bits per heavy atom. The summed E-state index contributed by atoms with van der Waals surface area (Å²) < 4.78 is 0. The Balaban J connectivity index is 0. The first-order chi connectivity index (χ1) is 14.2. The number of unbranched alkanes of at least 4 members (excludes halogenated alkanes) is 2. The van der Waals surface area contributed by atoms with Crippen molar-refractivity contribution in [2.24, 2.45) is 0 Å². The Hall–Kier alpha value is -2.33. The fraction of sp³-hybridized carbons (Fsp3) is 0.480. The van der Waals surface area contributed by atoms with Crippen LogP contribution >= 0.6 is 0 Å². The van der Waals surface area contributed by atoms with Crippen LogP contribution in [0, 0.1) is 0 Å². The van der Waals surface area contributed by atoms with E-state index in [1.165, 1.54) is 18.4 Å². The molecule has 0 aliphatic carbocycles. The normalized spacial score (nSPS) is 10.3. The zero-order valence-electron chi connectivity index (χ0n) is 19.3. The third-order valence-corrected chi connectivity index (χ3v) is 3.80. The molecule has 0 saturated carbocycles. The molecular formula is C25H41NO3. The minimum absolute atomic E-state index is 0.312. The van der Waals surface area contributed by atoms with Gasteiger partial charge in [-0.3, -0.25) is 4.89 Å². The molecule has 0 atom stereocenters. The quantitative estimate of drug-likeness (QED) is 0.165. The van der Waals surface area contributed by atoms with E-state index in [-0.39, 0.29) is 5.97 Å². The molecule has 0 aliphatic heterocycles. The van der Waals surface area contributed by atoms with Gasteiger partial charge in [0.15, 0.2) is 0 Å². The standard InChI is InChI=1S/C21H29NO3.2C2H6/c1-4-6-13-19(5-2)18-22(20-14-9-7-10-15-20)17-12-8-11-16-21(23)25-24-3;2*1-2/h4-7,9-10,13-15H,1,8,11-12,16-18H2,2-3H3;2*1-2H3/b13-6-,19-5+;;. The second-order valence-electron chi connectivity index (χ2n) is 5.65.